The highest BCUT2D eigenvalue weighted by Crippen LogP contribution is 1.91. The van der Waals surface area contributed by atoms with Gasteiger partial charge in [0.15, 0.2) is 0 Å². The van der Waals surface area contributed by atoms with E-state index in [-0.39, 0.29) is 5.91 Å². The lowest BCUT2D eigenvalue weighted by Gasteiger charge is -2.26. The van der Waals surface area contributed by atoms with Gasteiger partial charge in [-0.2, -0.15) is 0 Å². The molecular formula is C9H20N2O2. The Morgan fingerprint density at radius 2 is 1.85 bits per heavy atom. The predicted molar refractivity (Wildman–Crippen MR) is 52.2 cm³/mol. The molecule has 1 fully saturated rings. The summed E-state index contributed by atoms with van der Waals surface area (Å²) in [6.07, 6.45) is 1.25. The number of hydrogen-bond acceptors (Lipinski definition) is 3. The number of carbonyl (C=O) groups excluding carboxylic acids is 1. The number of ether oxygens (including phenoxy) is 1. The summed E-state index contributed by atoms with van der Waals surface area (Å²) in [5.74, 6) is -0.0121. The third-order valence-corrected chi connectivity index (χ3v) is 1.33. The second kappa shape index (κ2) is 8.01. The molecule has 1 N–H and O–H groups in total. The summed E-state index contributed by atoms with van der Waals surface area (Å²) in [6, 6.07) is 0. The number of carbonyl (C=O) groups is 1. The van der Waals surface area contributed by atoms with Gasteiger partial charge in [-0.1, -0.05) is 20.3 Å². The van der Waals surface area contributed by atoms with Crippen molar-refractivity contribution < 1.29 is 9.53 Å². The maximum absolute atomic E-state index is 10.5. The van der Waals surface area contributed by atoms with Crippen LogP contribution in [-0.2, 0) is 9.53 Å². The molecule has 0 aromatic carbocycles. The summed E-state index contributed by atoms with van der Waals surface area (Å²) in [5.41, 5.74) is 2.70. The van der Waals surface area contributed by atoms with E-state index < -0.39 is 0 Å². The first-order valence-corrected chi connectivity index (χ1v) is 4.80. The van der Waals surface area contributed by atoms with Gasteiger partial charge < -0.3 is 4.74 Å². The van der Waals surface area contributed by atoms with E-state index in [1.165, 1.54) is 13.3 Å². The normalized spacial score (nSPS) is 17.2. The van der Waals surface area contributed by atoms with Gasteiger partial charge in [0.2, 0.25) is 5.91 Å². The summed E-state index contributed by atoms with van der Waals surface area (Å²) in [6.45, 7) is 8.76. The molecule has 1 aliphatic heterocycles. The Kier molecular flexibility index (Phi) is 7.63. The molecule has 0 aliphatic carbocycles. The molecule has 0 radical (unpaired) electrons. The van der Waals surface area contributed by atoms with Crippen molar-refractivity contribution in [3.05, 3.63) is 0 Å². The predicted octanol–water partition coefficient (Wildman–Crippen LogP) is 0.786. The van der Waals surface area contributed by atoms with E-state index in [1.807, 2.05) is 5.01 Å². The highest BCUT2D eigenvalue weighted by atomic mass is 16.5. The zero-order chi connectivity index (χ0) is 10.1. The molecule has 4 nitrogen and oxygen atoms in total. The highest BCUT2D eigenvalue weighted by Gasteiger charge is 2.09. The second-order valence-electron chi connectivity index (χ2n) is 2.97. The monoisotopic (exact) mass is 188 g/mol. The number of amides is 1. The van der Waals surface area contributed by atoms with E-state index >= 15 is 0 Å². The van der Waals surface area contributed by atoms with Crippen molar-refractivity contribution in [2.45, 2.75) is 27.2 Å². The van der Waals surface area contributed by atoms with Gasteiger partial charge in [0.05, 0.1) is 13.2 Å². The molecule has 1 saturated heterocycles. The Hall–Kier alpha value is -0.610. The molecule has 0 aromatic heterocycles. The Balaban J connectivity index is 0.000000424. The Labute approximate surface area is 80.2 Å². The third-order valence-electron chi connectivity index (χ3n) is 1.33. The smallest absolute Gasteiger partial charge is 0.231 e. The quantitative estimate of drug-likeness (QED) is 0.661. The SMILES string of the molecule is CC(=O)NN1CCOCC1.CCC. The number of nitrogens with one attached hydrogen (secondary N) is 1. The van der Waals surface area contributed by atoms with E-state index in [0.717, 1.165) is 13.1 Å². The lowest BCUT2D eigenvalue weighted by Crippen LogP contribution is -2.47. The molecule has 0 bridgehead atoms. The fourth-order valence-electron chi connectivity index (χ4n) is 0.898. The van der Waals surface area contributed by atoms with Gasteiger partial charge in [0.25, 0.3) is 0 Å². The van der Waals surface area contributed by atoms with Crippen molar-refractivity contribution >= 4 is 5.91 Å². The maximum Gasteiger partial charge on any atom is 0.231 e. The number of nitrogens with zero attached hydrogens (tertiary/aromatic N) is 1. The van der Waals surface area contributed by atoms with Crippen molar-refractivity contribution in [1.29, 1.82) is 0 Å². The van der Waals surface area contributed by atoms with Gasteiger partial charge in [0, 0.05) is 20.0 Å². The molecule has 78 valence electrons. The van der Waals surface area contributed by atoms with E-state index in [9.17, 15) is 4.79 Å². The van der Waals surface area contributed by atoms with Crippen LogP contribution >= 0.6 is 0 Å². The summed E-state index contributed by atoms with van der Waals surface area (Å²) in [5, 5.41) is 1.87. The van der Waals surface area contributed by atoms with E-state index in [0.29, 0.717) is 13.2 Å². The maximum atomic E-state index is 10.5. The van der Waals surface area contributed by atoms with Gasteiger partial charge in [-0.15, -0.1) is 0 Å². The summed E-state index contributed by atoms with van der Waals surface area (Å²) in [7, 11) is 0. The molecule has 4 heteroatoms. The van der Waals surface area contributed by atoms with Crippen LogP contribution in [0, 0.1) is 0 Å². The van der Waals surface area contributed by atoms with E-state index in [2.05, 4.69) is 19.3 Å². The topological polar surface area (TPSA) is 41.6 Å². The Morgan fingerprint density at radius 3 is 2.23 bits per heavy atom. The molecule has 0 spiro atoms. The van der Waals surface area contributed by atoms with Gasteiger partial charge in [0.1, 0.15) is 0 Å². The first-order valence-electron chi connectivity index (χ1n) is 4.80. The number of hydrogen-bond donors (Lipinski definition) is 1. The molecule has 0 saturated carbocycles. The molecule has 0 atom stereocenters. The summed E-state index contributed by atoms with van der Waals surface area (Å²) < 4.78 is 5.09. The first-order chi connectivity index (χ1) is 6.20. The van der Waals surface area contributed by atoms with Crippen molar-refractivity contribution in [1.82, 2.24) is 10.4 Å². The van der Waals surface area contributed by atoms with Gasteiger partial charge in [-0.3, -0.25) is 10.2 Å². The summed E-state index contributed by atoms with van der Waals surface area (Å²) in [4.78, 5) is 10.5. The van der Waals surface area contributed by atoms with Crippen LogP contribution < -0.4 is 5.43 Å². The lowest BCUT2D eigenvalue weighted by atomic mass is 10.5. The van der Waals surface area contributed by atoms with Crippen molar-refractivity contribution in [3.8, 4) is 0 Å². The van der Waals surface area contributed by atoms with Crippen LogP contribution in [0.1, 0.15) is 27.2 Å². The van der Waals surface area contributed by atoms with Gasteiger partial charge in [-0.05, 0) is 0 Å². The highest BCUT2D eigenvalue weighted by molar-refractivity contribution is 5.72. The summed E-state index contributed by atoms with van der Waals surface area (Å²) >= 11 is 0. The minimum Gasteiger partial charge on any atom is -0.379 e. The van der Waals surface area contributed by atoms with E-state index in [1.54, 1.807) is 0 Å². The zero-order valence-corrected chi connectivity index (χ0v) is 8.80. The lowest BCUT2D eigenvalue weighted by molar-refractivity contribution is -0.125. The first kappa shape index (κ1) is 12.4. The van der Waals surface area contributed by atoms with Gasteiger partial charge >= 0.3 is 0 Å². The fraction of sp³-hybridized carbons (Fsp3) is 0.889. The molecule has 1 rings (SSSR count). The van der Waals surface area contributed by atoms with Crippen molar-refractivity contribution in [2.75, 3.05) is 26.3 Å². The Morgan fingerprint density at radius 1 is 1.38 bits per heavy atom. The number of rotatable bonds is 1. The van der Waals surface area contributed by atoms with Crippen LogP contribution in [-0.4, -0.2) is 37.2 Å². The van der Waals surface area contributed by atoms with Crippen molar-refractivity contribution in [2.24, 2.45) is 0 Å². The van der Waals surface area contributed by atoms with Crippen LogP contribution in [0.25, 0.3) is 0 Å². The molecule has 1 amide bonds. The molecule has 0 unspecified atom stereocenters. The Bertz CT molecular complexity index is 134. The zero-order valence-electron chi connectivity index (χ0n) is 8.80. The largest absolute Gasteiger partial charge is 0.379 e. The molecule has 1 heterocycles. The number of hydrazine groups is 1. The third kappa shape index (κ3) is 7.74. The van der Waals surface area contributed by atoms with Crippen LogP contribution in [0.2, 0.25) is 0 Å². The number of morpholine rings is 1. The molecular weight excluding hydrogens is 168 g/mol. The fourth-order valence-corrected chi connectivity index (χ4v) is 0.898. The molecule has 0 aromatic rings. The van der Waals surface area contributed by atoms with Crippen LogP contribution in [0.4, 0.5) is 0 Å². The molecule has 1 aliphatic rings. The average molecular weight is 188 g/mol. The molecule has 13 heavy (non-hydrogen) atoms. The minimum atomic E-state index is -0.0121. The minimum absolute atomic E-state index is 0.0121. The second-order valence-corrected chi connectivity index (χ2v) is 2.97. The van der Waals surface area contributed by atoms with Crippen LogP contribution in [0.15, 0.2) is 0 Å². The van der Waals surface area contributed by atoms with Crippen molar-refractivity contribution in [3.63, 3.8) is 0 Å². The van der Waals surface area contributed by atoms with Crippen LogP contribution in [0.3, 0.4) is 0 Å². The average Bonchev–Trinajstić information content (AvgIpc) is 2.06. The van der Waals surface area contributed by atoms with E-state index in [4.69, 9.17) is 4.74 Å². The van der Waals surface area contributed by atoms with Crippen LogP contribution in [0.5, 0.6) is 0 Å². The van der Waals surface area contributed by atoms with Gasteiger partial charge in [-0.25, -0.2) is 5.01 Å². The standard InChI is InChI=1S/C6H12N2O2.C3H8/c1-6(9)7-8-2-4-10-5-3-8;1-3-2/h2-5H2,1H3,(H,7,9);3H2,1-2H3.